The summed E-state index contributed by atoms with van der Waals surface area (Å²) >= 11 is 13.3. The largest absolute Gasteiger partial charge is 0.375 e. The van der Waals surface area contributed by atoms with Crippen molar-refractivity contribution < 1.29 is 0 Å². The van der Waals surface area contributed by atoms with E-state index in [1.54, 1.807) is 0 Å². The highest BCUT2D eigenvalue weighted by atomic mass is 35.5. The van der Waals surface area contributed by atoms with Gasteiger partial charge in [-0.3, -0.25) is 0 Å². The summed E-state index contributed by atoms with van der Waals surface area (Å²) in [5.74, 6) is 0. The molecule has 0 fully saturated rings. The van der Waals surface area contributed by atoms with E-state index >= 15 is 0 Å². The molecule has 0 spiro atoms. The first-order valence-electron chi connectivity index (χ1n) is 7.61. The van der Waals surface area contributed by atoms with Crippen molar-refractivity contribution in [3.63, 3.8) is 0 Å². The average Bonchev–Trinajstić information content (AvgIpc) is 2.64. The van der Waals surface area contributed by atoms with Crippen molar-refractivity contribution in [2.75, 3.05) is 19.0 Å². The molecule has 1 aromatic carbocycles. The summed E-state index contributed by atoms with van der Waals surface area (Å²) in [7, 11) is 3.95. The summed E-state index contributed by atoms with van der Waals surface area (Å²) in [6, 6.07) is 2.09. The highest BCUT2D eigenvalue weighted by Gasteiger charge is 2.28. The molecule has 1 aliphatic carbocycles. The number of nitrogens with zero attached hydrogens (tertiary/aromatic N) is 1. The zero-order valence-corrected chi connectivity index (χ0v) is 16.1. The quantitative estimate of drug-likeness (QED) is 0.596. The smallest absolute Gasteiger partial charge is 0.0743 e. The molecule has 0 unspecified atom stereocenters. The van der Waals surface area contributed by atoms with Gasteiger partial charge in [0.25, 0.3) is 0 Å². The van der Waals surface area contributed by atoms with Gasteiger partial charge in [0, 0.05) is 14.1 Å². The Kier molecular flexibility index (Phi) is 4.71. The molecule has 0 bridgehead atoms. The van der Waals surface area contributed by atoms with Crippen LogP contribution in [-0.2, 0) is 5.41 Å². The van der Waals surface area contributed by atoms with Crippen LogP contribution in [0.2, 0.25) is 10.0 Å². The Bertz CT molecular complexity index is 674. The Morgan fingerprint density at radius 3 is 2.09 bits per heavy atom. The van der Waals surface area contributed by atoms with E-state index in [9.17, 15) is 0 Å². The van der Waals surface area contributed by atoms with E-state index in [-0.39, 0.29) is 5.41 Å². The second kappa shape index (κ2) is 5.94. The Morgan fingerprint density at radius 1 is 1.09 bits per heavy atom. The van der Waals surface area contributed by atoms with Crippen LogP contribution in [0.3, 0.4) is 0 Å². The van der Waals surface area contributed by atoms with Gasteiger partial charge in [-0.05, 0) is 54.0 Å². The van der Waals surface area contributed by atoms with Crippen LogP contribution in [0.5, 0.6) is 0 Å². The van der Waals surface area contributed by atoms with Crippen LogP contribution in [0.15, 0.2) is 23.3 Å². The molecule has 0 aliphatic heterocycles. The lowest BCUT2D eigenvalue weighted by Gasteiger charge is -2.29. The zero-order valence-electron chi connectivity index (χ0n) is 14.6. The van der Waals surface area contributed by atoms with Gasteiger partial charge in [-0.15, -0.1) is 0 Å². The second-order valence-corrected chi connectivity index (χ2v) is 8.20. The molecule has 22 heavy (non-hydrogen) atoms. The Labute approximate surface area is 144 Å². The molecular formula is C19H25Cl2N. The van der Waals surface area contributed by atoms with E-state index in [1.807, 2.05) is 19.0 Å². The van der Waals surface area contributed by atoms with E-state index in [0.29, 0.717) is 5.02 Å². The molecule has 0 aromatic heterocycles. The first kappa shape index (κ1) is 17.4. The van der Waals surface area contributed by atoms with Crippen LogP contribution in [0.4, 0.5) is 5.69 Å². The molecule has 0 atom stereocenters. The zero-order chi connectivity index (χ0) is 16.8. The van der Waals surface area contributed by atoms with Crippen LogP contribution >= 0.6 is 23.2 Å². The SMILES string of the molecule is CC1=CC(C)=C(c2cc(Cl)c(N(C)C)c(Cl)c2C(C)(C)C)C1. The van der Waals surface area contributed by atoms with Crippen molar-refractivity contribution in [1.82, 2.24) is 0 Å². The highest BCUT2D eigenvalue weighted by Crippen LogP contribution is 2.47. The number of rotatable bonds is 2. The lowest BCUT2D eigenvalue weighted by atomic mass is 9.80. The Hall–Kier alpha value is -0.920. The predicted molar refractivity (Wildman–Crippen MR) is 100 cm³/mol. The lowest BCUT2D eigenvalue weighted by molar-refractivity contribution is 0.588. The van der Waals surface area contributed by atoms with Gasteiger partial charge in [0.15, 0.2) is 0 Å². The van der Waals surface area contributed by atoms with E-state index in [2.05, 4.69) is 46.8 Å². The topological polar surface area (TPSA) is 3.24 Å². The Morgan fingerprint density at radius 2 is 1.68 bits per heavy atom. The average molecular weight is 338 g/mol. The molecule has 2 rings (SSSR count). The van der Waals surface area contributed by atoms with Crippen molar-refractivity contribution in [3.05, 3.63) is 44.5 Å². The molecule has 0 N–H and O–H groups in total. The van der Waals surface area contributed by atoms with Gasteiger partial charge in [0.2, 0.25) is 0 Å². The standard InChI is InChI=1S/C19H25Cl2N/c1-11-8-12(2)13(9-11)14-10-15(20)18(22(6)7)17(21)16(14)19(3,4)5/h8,10H,9H2,1-7H3. The van der Waals surface area contributed by atoms with Crippen LogP contribution in [0.1, 0.15) is 52.2 Å². The minimum atomic E-state index is -0.0501. The first-order valence-corrected chi connectivity index (χ1v) is 8.36. The van der Waals surface area contributed by atoms with E-state index in [4.69, 9.17) is 23.2 Å². The van der Waals surface area contributed by atoms with E-state index < -0.39 is 0 Å². The van der Waals surface area contributed by atoms with Crippen LogP contribution in [-0.4, -0.2) is 14.1 Å². The van der Waals surface area contributed by atoms with Gasteiger partial charge in [-0.2, -0.15) is 0 Å². The fourth-order valence-electron chi connectivity index (χ4n) is 3.22. The minimum Gasteiger partial charge on any atom is -0.375 e. The summed E-state index contributed by atoms with van der Waals surface area (Å²) in [5.41, 5.74) is 7.27. The maximum absolute atomic E-state index is 6.80. The van der Waals surface area contributed by atoms with Crippen molar-refractivity contribution in [2.45, 2.75) is 46.5 Å². The lowest BCUT2D eigenvalue weighted by Crippen LogP contribution is -2.18. The molecule has 1 aliphatic rings. The van der Waals surface area contributed by atoms with Crippen LogP contribution in [0, 0.1) is 0 Å². The minimum absolute atomic E-state index is 0.0501. The molecule has 3 heteroatoms. The predicted octanol–water partition coefficient (Wildman–Crippen LogP) is 6.48. The number of halogens is 2. The Balaban J connectivity index is 2.78. The molecule has 0 saturated heterocycles. The fourth-order valence-corrected chi connectivity index (χ4v) is 4.30. The molecule has 0 amide bonds. The number of anilines is 1. The maximum Gasteiger partial charge on any atom is 0.0743 e. The van der Waals surface area contributed by atoms with E-state index in [1.165, 1.54) is 27.8 Å². The molecule has 0 saturated carbocycles. The second-order valence-electron chi connectivity index (χ2n) is 7.42. The molecular weight excluding hydrogens is 313 g/mol. The third kappa shape index (κ3) is 3.07. The summed E-state index contributed by atoms with van der Waals surface area (Å²) < 4.78 is 0. The molecule has 1 nitrogen and oxygen atoms in total. The van der Waals surface area contributed by atoms with Gasteiger partial charge in [-0.1, -0.05) is 55.6 Å². The number of hydrogen-bond donors (Lipinski definition) is 0. The monoisotopic (exact) mass is 337 g/mol. The van der Waals surface area contributed by atoms with Crippen molar-refractivity contribution in [1.29, 1.82) is 0 Å². The van der Waals surface area contributed by atoms with Crippen LogP contribution in [0.25, 0.3) is 5.57 Å². The van der Waals surface area contributed by atoms with E-state index in [0.717, 1.165) is 17.1 Å². The molecule has 0 heterocycles. The van der Waals surface area contributed by atoms with Crippen molar-refractivity contribution in [3.8, 4) is 0 Å². The maximum atomic E-state index is 6.80. The van der Waals surface area contributed by atoms with Crippen molar-refractivity contribution >= 4 is 34.5 Å². The van der Waals surface area contributed by atoms with Gasteiger partial charge >= 0.3 is 0 Å². The summed E-state index contributed by atoms with van der Waals surface area (Å²) in [4.78, 5) is 1.99. The molecule has 1 aromatic rings. The molecule has 120 valence electrons. The van der Waals surface area contributed by atoms with Gasteiger partial charge in [-0.25, -0.2) is 0 Å². The van der Waals surface area contributed by atoms with Crippen LogP contribution < -0.4 is 4.90 Å². The number of hydrogen-bond acceptors (Lipinski definition) is 1. The molecule has 0 radical (unpaired) electrons. The normalized spacial score (nSPS) is 15.4. The van der Waals surface area contributed by atoms with Gasteiger partial charge in [0.05, 0.1) is 15.7 Å². The summed E-state index contributed by atoms with van der Waals surface area (Å²) in [5, 5.41) is 1.48. The van der Waals surface area contributed by atoms with Gasteiger partial charge < -0.3 is 4.90 Å². The first-order chi connectivity index (χ1) is 10.0. The highest BCUT2D eigenvalue weighted by molar-refractivity contribution is 6.40. The van der Waals surface area contributed by atoms with Crippen molar-refractivity contribution in [2.24, 2.45) is 0 Å². The third-order valence-electron chi connectivity index (χ3n) is 4.11. The number of allylic oxidation sites excluding steroid dienone is 4. The third-order valence-corrected chi connectivity index (χ3v) is 4.77. The summed E-state index contributed by atoms with van der Waals surface area (Å²) in [6.45, 7) is 11.0. The fraction of sp³-hybridized carbons (Fsp3) is 0.474. The van der Waals surface area contributed by atoms with Gasteiger partial charge in [0.1, 0.15) is 0 Å². The summed E-state index contributed by atoms with van der Waals surface area (Å²) in [6.07, 6.45) is 3.23. The number of benzene rings is 1.